The van der Waals surface area contributed by atoms with Crippen molar-refractivity contribution < 1.29 is 4.42 Å². The largest absolute Gasteiger partial charge is 0.456 e. The highest BCUT2D eigenvalue weighted by Gasteiger charge is 2.17. The number of alkyl halides is 1. The van der Waals surface area contributed by atoms with E-state index in [9.17, 15) is 0 Å². The summed E-state index contributed by atoms with van der Waals surface area (Å²) in [5.74, 6) is 0. The second-order valence-corrected chi connectivity index (χ2v) is 7.12. The standard InChI is InChI=1S/C17H10BrClOS/c18-16(17-13(19)7-8-21-17)10-5-6-15-12(9-10)11-3-1-2-4-14(11)20-15/h1-9,16H. The van der Waals surface area contributed by atoms with Crippen LogP contribution in [0, 0.1) is 0 Å². The van der Waals surface area contributed by atoms with E-state index >= 15 is 0 Å². The topological polar surface area (TPSA) is 13.1 Å². The first-order valence-electron chi connectivity index (χ1n) is 6.52. The molecule has 0 aliphatic rings. The van der Waals surface area contributed by atoms with Crippen LogP contribution in [0.1, 0.15) is 15.3 Å². The fourth-order valence-electron chi connectivity index (χ4n) is 2.54. The average Bonchev–Trinajstić information content (AvgIpc) is 3.09. The van der Waals surface area contributed by atoms with Crippen LogP contribution in [-0.4, -0.2) is 0 Å². The number of furan rings is 1. The highest BCUT2D eigenvalue weighted by atomic mass is 79.9. The van der Waals surface area contributed by atoms with E-state index in [0.717, 1.165) is 31.8 Å². The number of benzene rings is 2. The van der Waals surface area contributed by atoms with E-state index in [2.05, 4.69) is 34.1 Å². The Balaban J connectivity index is 1.90. The summed E-state index contributed by atoms with van der Waals surface area (Å²) in [6, 6.07) is 16.3. The molecule has 4 rings (SSSR count). The minimum Gasteiger partial charge on any atom is -0.456 e. The quantitative estimate of drug-likeness (QED) is 0.351. The first kappa shape index (κ1) is 13.4. The molecule has 0 aliphatic heterocycles. The van der Waals surface area contributed by atoms with Crippen molar-refractivity contribution in [3.8, 4) is 0 Å². The molecule has 2 heterocycles. The van der Waals surface area contributed by atoms with Crippen LogP contribution in [0.25, 0.3) is 21.9 Å². The third kappa shape index (κ3) is 2.20. The van der Waals surface area contributed by atoms with Gasteiger partial charge in [0.05, 0.1) is 9.85 Å². The molecule has 0 saturated carbocycles. The summed E-state index contributed by atoms with van der Waals surface area (Å²) < 4.78 is 5.86. The molecule has 0 aliphatic carbocycles. The zero-order valence-corrected chi connectivity index (χ0v) is 14.0. The molecule has 4 heteroatoms. The lowest BCUT2D eigenvalue weighted by molar-refractivity contribution is 0.669. The monoisotopic (exact) mass is 376 g/mol. The number of thiophene rings is 1. The average molecular weight is 378 g/mol. The van der Waals surface area contributed by atoms with Crippen molar-refractivity contribution in [1.29, 1.82) is 0 Å². The molecule has 0 radical (unpaired) electrons. The Morgan fingerprint density at radius 2 is 1.81 bits per heavy atom. The lowest BCUT2D eigenvalue weighted by Crippen LogP contribution is -1.89. The minimum absolute atomic E-state index is 0.100. The highest BCUT2D eigenvalue weighted by Crippen LogP contribution is 2.40. The van der Waals surface area contributed by atoms with Gasteiger partial charge in [0.25, 0.3) is 0 Å². The zero-order valence-electron chi connectivity index (χ0n) is 10.8. The SMILES string of the molecule is Clc1ccsc1C(Br)c1ccc2oc3ccccc3c2c1. The lowest BCUT2D eigenvalue weighted by Gasteiger charge is -2.09. The smallest absolute Gasteiger partial charge is 0.135 e. The predicted octanol–water partition coefficient (Wildman–Crippen LogP) is 6.79. The van der Waals surface area contributed by atoms with Gasteiger partial charge >= 0.3 is 0 Å². The number of para-hydroxylation sites is 1. The molecule has 1 nitrogen and oxygen atoms in total. The summed E-state index contributed by atoms with van der Waals surface area (Å²) in [6.45, 7) is 0. The van der Waals surface area contributed by atoms with Gasteiger partial charge in [0.15, 0.2) is 0 Å². The summed E-state index contributed by atoms with van der Waals surface area (Å²) in [5, 5.41) is 5.10. The van der Waals surface area contributed by atoms with Gasteiger partial charge < -0.3 is 4.42 Å². The van der Waals surface area contributed by atoms with Crippen LogP contribution >= 0.6 is 38.9 Å². The summed E-state index contributed by atoms with van der Waals surface area (Å²) in [5.41, 5.74) is 3.01. The molecule has 0 fully saturated rings. The van der Waals surface area contributed by atoms with Crippen molar-refractivity contribution in [1.82, 2.24) is 0 Å². The van der Waals surface area contributed by atoms with Gasteiger partial charge in [0, 0.05) is 15.6 Å². The van der Waals surface area contributed by atoms with Crippen LogP contribution in [0.2, 0.25) is 5.02 Å². The van der Waals surface area contributed by atoms with Crippen molar-refractivity contribution in [3.05, 3.63) is 69.4 Å². The maximum absolute atomic E-state index is 6.24. The molecule has 1 unspecified atom stereocenters. The van der Waals surface area contributed by atoms with Gasteiger partial charge in [-0.25, -0.2) is 0 Å². The van der Waals surface area contributed by atoms with Gasteiger partial charge in [-0.15, -0.1) is 11.3 Å². The molecule has 0 saturated heterocycles. The Morgan fingerprint density at radius 1 is 1.00 bits per heavy atom. The fraction of sp³-hybridized carbons (Fsp3) is 0.0588. The summed E-state index contributed by atoms with van der Waals surface area (Å²) in [4.78, 5) is 1.23. The van der Waals surface area contributed by atoms with Crippen molar-refractivity contribution in [2.75, 3.05) is 0 Å². The van der Waals surface area contributed by atoms with Crippen molar-refractivity contribution in [3.63, 3.8) is 0 Å². The fourth-order valence-corrected chi connectivity index (χ4v) is 4.69. The molecule has 21 heavy (non-hydrogen) atoms. The molecule has 4 aromatic rings. The van der Waals surface area contributed by atoms with E-state index in [-0.39, 0.29) is 4.83 Å². The van der Waals surface area contributed by atoms with Crippen molar-refractivity contribution in [2.24, 2.45) is 0 Å². The molecule has 0 spiro atoms. The molecular formula is C17H10BrClOS. The summed E-state index contributed by atoms with van der Waals surface area (Å²) in [7, 11) is 0. The number of rotatable bonds is 2. The van der Waals surface area contributed by atoms with Crippen LogP contribution in [0.15, 0.2) is 58.3 Å². The van der Waals surface area contributed by atoms with Gasteiger partial charge in [-0.3, -0.25) is 0 Å². The molecule has 0 amide bonds. The van der Waals surface area contributed by atoms with Crippen LogP contribution < -0.4 is 0 Å². The van der Waals surface area contributed by atoms with E-state index in [1.54, 1.807) is 11.3 Å². The van der Waals surface area contributed by atoms with Gasteiger partial charge in [0.1, 0.15) is 11.2 Å². The molecule has 2 aromatic heterocycles. The molecule has 104 valence electrons. The Labute approximate surface area is 139 Å². The lowest BCUT2D eigenvalue weighted by atomic mass is 10.1. The van der Waals surface area contributed by atoms with Gasteiger partial charge in [-0.05, 0) is 35.2 Å². The van der Waals surface area contributed by atoms with Crippen LogP contribution in [0.3, 0.4) is 0 Å². The molecular weight excluding hydrogens is 368 g/mol. The van der Waals surface area contributed by atoms with Gasteiger partial charge in [-0.2, -0.15) is 0 Å². The predicted molar refractivity (Wildman–Crippen MR) is 93.8 cm³/mol. The molecule has 1 atom stereocenters. The second-order valence-electron chi connectivity index (χ2n) is 4.85. The first-order chi connectivity index (χ1) is 10.2. The number of hydrogen-bond donors (Lipinski definition) is 0. The second kappa shape index (κ2) is 5.16. The van der Waals surface area contributed by atoms with E-state index in [0.29, 0.717) is 0 Å². The molecule has 2 aromatic carbocycles. The Morgan fingerprint density at radius 3 is 2.62 bits per heavy atom. The summed E-state index contributed by atoms with van der Waals surface area (Å²) in [6.07, 6.45) is 0. The Bertz CT molecular complexity index is 940. The van der Waals surface area contributed by atoms with Crippen molar-refractivity contribution in [2.45, 2.75) is 4.83 Å². The Kier molecular flexibility index (Phi) is 3.29. The third-order valence-electron chi connectivity index (χ3n) is 3.57. The first-order valence-corrected chi connectivity index (χ1v) is 8.69. The van der Waals surface area contributed by atoms with Crippen molar-refractivity contribution >= 4 is 60.8 Å². The van der Waals surface area contributed by atoms with Gasteiger partial charge in [-0.1, -0.05) is 51.8 Å². The number of halogens is 2. The minimum atomic E-state index is 0.100. The van der Waals surface area contributed by atoms with E-state index in [4.69, 9.17) is 16.0 Å². The normalized spacial score (nSPS) is 13.0. The van der Waals surface area contributed by atoms with E-state index < -0.39 is 0 Å². The zero-order chi connectivity index (χ0) is 14.4. The molecule has 0 N–H and O–H groups in total. The third-order valence-corrected chi connectivity index (χ3v) is 6.28. The van der Waals surface area contributed by atoms with Crippen LogP contribution in [0.4, 0.5) is 0 Å². The van der Waals surface area contributed by atoms with E-state index in [1.807, 2.05) is 35.7 Å². The Hall–Kier alpha value is -1.29. The number of fused-ring (bicyclic) bond motifs is 3. The maximum atomic E-state index is 6.24. The summed E-state index contributed by atoms with van der Waals surface area (Å²) >= 11 is 11.7. The highest BCUT2D eigenvalue weighted by molar-refractivity contribution is 9.09. The van der Waals surface area contributed by atoms with Crippen LogP contribution in [0.5, 0.6) is 0 Å². The van der Waals surface area contributed by atoms with E-state index in [1.165, 1.54) is 5.56 Å². The maximum Gasteiger partial charge on any atom is 0.135 e. The van der Waals surface area contributed by atoms with Gasteiger partial charge in [0.2, 0.25) is 0 Å². The van der Waals surface area contributed by atoms with Crippen LogP contribution in [-0.2, 0) is 0 Å². The molecule has 0 bridgehead atoms. The number of hydrogen-bond acceptors (Lipinski definition) is 2.